The lowest BCUT2D eigenvalue weighted by Crippen LogP contribution is -2.36. The molecule has 0 N–H and O–H groups in total. The van der Waals surface area contributed by atoms with E-state index < -0.39 is 0 Å². The Kier molecular flexibility index (Phi) is 1.77. The highest BCUT2D eigenvalue weighted by atomic mass is 16.7. The van der Waals surface area contributed by atoms with E-state index in [0.717, 1.165) is 13.2 Å². The smallest absolute Gasteiger partial charge is 0.174 e. The van der Waals surface area contributed by atoms with Crippen LogP contribution in [0.4, 0.5) is 0 Å². The summed E-state index contributed by atoms with van der Waals surface area (Å²) in [6.07, 6.45) is 6.74. The molecule has 1 aliphatic carbocycles. The quantitative estimate of drug-likeness (QED) is 0.588. The first-order chi connectivity index (χ1) is 5.72. The first-order valence-electron chi connectivity index (χ1n) is 4.64. The van der Waals surface area contributed by atoms with Gasteiger partial charge in [0.2, 0.25) is 0 Å². The summed E-state index contributed by atoms with van der Waals surface area (Å²) in [7, 11) is 0. The van der Waals surface area contributed by atoms with Crippen LogP contribution in [0.15, 0.2) is 12.2 Å². The monoisotopic (exact) mass is 168 g/mol. The maximum absolute atomic E-state index is 5.65. The highest BCUT2D eigenvalue weighted by Crippen LogP contribution is 2.58. The van der Waals surface area contributed by atoms with Gasteiger partial charge in [-0.25, -0.2) is 0 Å². The standard InChI is InChI=1S/C10H16O2/c1-3-4-10(5-6-10)9(2)11-7-8-12-9/h3-4H,5-8H2,1-2H3/b4-3+. The normalized spacial score (nSPS) is 31.2. The van der Waals surface area contributed by atoms with E-state index in [1.807, 2.05) is 0 Å². The molecule has 12 heavy (non-hydrogen) atoms. The van der Waals surface area contributed by atoms with E-state index in [1.54, 1.807) is 0 Å². The molecule has 0 amide bonds. The van der Waals surface area contributed by atoms with Crippen LogP contribution in [0.25, 0.3) is 0 Å². The van der Waals surface area contributed by atoms with Crippen LogP contribution < -0.4 is 0 Å². The van der Waals surface area contributed by atoms with Crippen LogP contribution in [-0.4, -0.2) is 19.0 Å². The van der Waals surface area contributed by atoms with Crippen LogP contribution in [0.2, 0.25) is 0 Å². The molecule has 1 heterocycles. The number of ether oxygens (including phenoxy) is 2. The second-order valence-corrected chi connectivity index (χ2v) is 3.80. The summed E-state index contributed by atoms with van der Waals surface area (Å²) in [6.45, 7) is 5.61. The lowest BCUT2D eigenvalue weighted by molar-refractivity contribution is -0.179. The van der Waals surface area contributed by atoms with Crippen molar-refractivity contribution in [1.82, 2.24) is 0 Å². The summed E-state index contributed by atoms with van der Waals surface area (Å²) in [5.41, 5.74) is 0.193. The summed E-state index contributed by atoms with van der Waals surface area (Å²) in [5, 5.41) is 0. The van der Waals surface area contributed by atoms with Gasteiger partial charge in [-0.2, -0.15) is 0 Å². The molecular formula is C10H16O2. The number of hydrogen-bond acceptors (Lipinski definition) is 2. The molecule has 1 saturated heterocycles. The van der Waals surface area contributed by atoms with Crippen LogP contribution in [0.1, 0.15) is 26.7 Å². The molecule has 0 unspecified atom stereocenters. The van der Waals surface area contributed by atoms with Crippen LogP contribution in [0.5, 0.6) is 0 Å². The van der Waals surface area contributed by atoms with Crippen molar-refractivity contribution in [3.8, 4) is 0 Å². The van der Waals surface area contributed by atoms with Crippen molar-refractivity contribution in [2.24, 2.45) is 5.41 Å². The fraction of sp³-hybridized carbons (Fsp3) is 0.800. The maximum atomic E-state index is 5.65. The predicted molar refractivity (Wildman–Crippen MR) is 46.8 cm³/mol. The zero-order valence-corrected chi connectivity index (χ0v) is 7.80. The Bertz CT molecular complexity index is 198. The Morgan fingerprint density at radius 2 is 1.75 bits per heavy atom. The SMILES string of the molecule is C/C=C/C1(C2(C)OCCO2)CC1. The fourth-order valence-electron chi connectivity index (χ4n) is 2.03. The zero-order valence-electron chi connectivity index (χ0n) is 7.80. The average Bonchev–Trinajstić information content (AvgIpc) is 2.70. The van der Waals surface area contributed by atoms with Gasteiger partial charge in [-0.1, -0.05) is 12.2 Å². The molecular weight excluding hydrogens is 152 g/mol. The Labute approximate surface area is 73.5 Å². The van der Waals surface area contributed by atoms with Crippen molar-refractivity contribution in [1.29, 1.82) is 0 Å². The number of rotatable bonds is 2. The number of allylic oxidation sites excluding steroid dienone is 1. The molecule has 0 aromatic rings. The van der Waals surface area contributed by atoms with Crippen molar-refractivity contribution in [2.45, 2.75) is 32.5 Å². The molecule has 0 aromatic carbocycles. The summed E-state index contributed by atoms with van der Waals surface area (Å²) >= 11 is 0. The lowest BCUT2D eigenvalue weighted by Gasteiger charge is -2.30. The summed E-state index contributed by atoms with van der Waals surface area (Å²) in [5.74, 6) is -0.334. The molecule has 0 aromatic heterocycles. The van der Waals surface area contributed by atoms with Gasteiger partial charge in [0, 0.05) is 5.41 Å². The Balaban J connectivity index is 2.16. The molecule has 0 atom stereocenters. The van der Waals surface area contributed by atoms with Crippen molar-refractivity contribution in [3.63, 3.8) is 0 Å². The van der Waals surface area contributed by atoms with Crippen LogP contribution in [0, 0.1) is 5.41 Å². The highest BCUT2D eigenvalue weighted by Gasteiger charge is 2.58. The van der Waals surface area contributed by atoms with Gasteiger partial charge in [0.15, 0.2) is 5.79 Å². The summed E-state index contributed by atoms with van der Waals surface area (Å²) < 4.78 is 11.3. The summed E-state index contributed by atoms with van der Waals surface area (Å²) in [6, 6.07) is 0. The van der Waals surface area contributed by atoms with Crippen molar-refractivity contribution in [2.75, 3.05) is 13.2 Å². The van der Waals surface area contributed by atoms with E-state index >= 15 is 0 Å². The average molecular weight is 168 g/mol. The molecule has 0 radical (unpaired) electrons. The molecule has 2 rings (SSSR count). The first-order valence-corrected chi connectivity index (χ1v) is 4.64. The van der Waals surface area contributed by atoms with Gasteiger partial charge in [-0.05, 0) is 26.7 Å². The minimum absolute atomic E-state index is 0.193. The van der Waals surface area contributed by atoms with Gasteiger partial charge in [-0.15, -0.1) is 0 Å². The lowest BCUT2D eigenvalue weighted by atomic mass is 9.96. The molecule has 0 spiro atoms. The van der Waals surface area contributed by atoms with E-state index in [0.29, 0.717) is 0 Å². The predicted octanol–water partition coefficient (Wildman–Crippen LogP) is 2.11. The highest BCUT2D eigenvalue weighted by molar-refractivity contribution is 5.15. The molecule has 2 fully saturated rings. The molecule has 2 aliphatic rings. The van der Waals surface area contributed by atoms with E-state index in [2.05, 4.69) is 26.0 Å². The third-order valence-corrected chi connectivity index (χ3v) is 3.02. The molecule has 2 heteroatoms. The largest absolute Gasteiger partial charge is 0.347 e. The van der Waals surface area contributed by atoms with Crippen LogP contribution in [0.3, 0.4) is 0 Å². The van der Waals surface area contributed by atoms with Crippen molar-refractivity contribution >= 4 is 0 Å². The number of hydrogen-bond donors (Lipinski definition) is 0. The minimum atomic E-state index is -0.334. The van der Waals surface area contributed by atoms with Gasteiger partial charge in [0.05, 0.1) is 13.2 Å². The van der Waals surface area contributed by atoms with Gasteiger partial charge in [0.1, 0.15) is 0 Å². The third-order valence-electron chi connectivity index (χ3n) is 3.02. The molecule has 1 saturated carbocycles. The van der Waals surface area contributed by atoms with E-state index in [9.17, 15) is 0 Å². The third kappa shape index (κ3) is 1.02. The maximum Gasteiger partial charge on any atom is 0.174 e. The van der Waals surface area contributed by atoms with Gasteiger partial charge in [-0.3, -0.25) is 0 Å². The first kappa shape index (κ1) is 8.27. The van der Waals surface area contributed by atoms with Crippen molar-refractivity contribution < 1.29 is 9.47 Å². The zero-order chi connectivity index (χ0) is 8.66. The molecule has 0 bridgehead atoms. The van der Waals surface area contributed by atoms with Gasteiger partial charge < -0.3 is 9.47 Å². The Morgan fingerprint density at radius 3 is 2.17 bits per heavy atom. The second-order valence-electron chi connectivity index (χ2n) is 3.80. The fourth-order valence-corrected chi connectivity index (χ4v) is 2.03. The van der Waals surface area contributed by atoms with Crippen molar-refractivity contribution in [3.05, 3.63) is 12.2 Å². The van der Waals surface area contributed by atoms with E-state index in [1.165, 1.54) is 12.8 Å². The summed E-state index contributed by atoms with van der Waals surface area (Å²) in [4.78, 5) is 0. The van der Waals surface area contributed by atoms with Gasteiger partial charge >= 0.3 is 0 Å². The minimum Gasteiger partial charge on any atom is -0.347 e. The topological polar surface area (TPSA) is 18.5 Å². The van der Waals surface area contributed by atoms with E-state index in [-0.39, 0.29) is 11.2 Å². The van der Waals surface area contributed by atoms with Gasteiger partial charge in [0.25, 0.3) is 0 Å². The Morgan fingerprint density at radius 1 is 1.17 bits per heavy atom. The molecule has 68 valence electrons. The molecule has 1 aliphatic heterocycles. The Hall–Kier alpha value is -0.340. The van der Waals surface area contributed by atoms with E-state index in [4.69, 9.17) is 9.47 Å². The second kappa shape index (κ2) is 2.57. The van der Waals surface area contributed by atoms with Crippen LogP contribution in [-0.2, 0) is 9.47 Å². The van der Waals surface area contributed by atoms with Crippen LogP contribution >= 0.6 is 0 Å². The molecule has 2 nitrogen and oxygen atoms in total.